The van der Waals surface area contributed by atoms with Crippen LogP contribution in [0.4, 0.5) is 0 Å². The third-order valence-corrected chi connectivity index (χ3v) is 5.51. The van der Waals surface area contributed by atoms with Crippen LogP contribution < -0.4 is 5.32 Å². The van der Waals surface area contributed by atoms with Crippen molar-refractivity contribution in [1.82, 2.24) is 5.32 Å². The molecule has 2 heterocycles. The summed E-state index contributed by atoms with van der Waals surface area (Å²) in [6.45, 7) is 6.03. The first-order valence-electron chi connectivity index (χ1n) is 7.99. The summed E-state index contributed by atoms with van der Waals surface area (Å²) in [5.74, 6) is 0. The lowest BCUT2D eigenvalue weighted by molar-refractivity contribution is -0.193. The maximum absolute atomic E-state index is 12.5. The quantitative estimate of drug-likeness (QED) is 0.743. The highest BCUT2D eigenvalue weighted by atomic mass is 32.2. The van der Waals surface area contributed by atoms with Crippen molar-refractivity contribution in [3.05, 3.63) is 29.8 Å². The normalized spacial score (nSPS) is 33.1. The van der Waals surface area contributed by atoms with Gasteiger partial charge in [0, 0.05) is 6.04 Å². The first-order chi connectivity index (χ1) is 11.3. The standard InChI is InChI=1S/C16H23NO6S/c1-9(2)17-13-12-8-21-16(22-12)15(14(13)18)23-24(19,20)11-6-4-10(3)5-7-11/h4-7,9,12-18H,8H2,1-3H3. The summed E-state index contributed by atoms with van der Waals surface area (Å²) in [6, 6.07) is 5.97. The van der Waals surface area contributed by atoms with Gasteiger partial charge in [0.15, 0.2) is 12.4 Å². The van der Waals surface area contributed by atoms with Crippen molar-refractivity contribution in [3.8, 4) is 0 Å². The SMILES string of the molecule is Cc1ccc(S(=O)(=O)OC2C3OCC(O3)C(NC(C)C)C2O)cc1. The zero-order chi connectivity index (χ0) is 17.5. The van der Waals surface area contributed by atoms with Gasteiger partial charge in [-0.05, 0) is 19.1 Å². The lowest BCUT2D eigenvalue weighted by atomic mass is 9.97. The first-order valence-corrected chi connectivity index (χ1v) is 9.40. The predicted molar refractivity (Wildman–Crippen MR) is 85.9 cm³/mol. The minimum Gasteiger partial charge on any atom is -0.388 e. The molecule has 0 aliphatic carbocycles. The molecule has 1 aromatic carbocycles. The predicted octanol–water partition coefficient (Wildman–Crippen LogP) is 0.552. The zero-order valence-corrected chi connectivity index (χ0v) is 14.7. The van der Waals surface area contributed by atoms with Crippen molar-refractivity contribution < 1.29 is 27.2 Å². The van der Waals surface area contributed by atoms with Gasteiger partial charge in [-0.15, -0.1) is 0 Å². The monoisotopic (exact) mass is 357 g/mol. The average Bonchev–Trinajstić information content (AvgIpc) is 2.95. The Labute approximate surface area is 142 Å². The number of hydrogen-bond donors (Lipinski definition) is 2. The summed E-state index contributed by atoms with van der Waals surface area (Å²) in [4.78, 5) is 0.0359. The highest BCUT2D eigenvalue weighted by Gasteiger charge is 2.52. The third kappa shape index (κ3) is 3.49. The molecule has 1 aromatic rings. The van der Waals surface area contributed by atoms with Gasteiger partial charge >= 0.3 is 0 Å². The summed E-state index contributed by atoms with van der Waals surface area (Å²) in [5.41, 5.74) is 0.943. The Bertz CT molecular complexity index is 674. The molecule has 5 unspecified atom stereocenters. The minimum atomic E-state index is -4.03. The van der Waals surface area contributed by atoms with Gasteiger partial charge in [0.05, 0.1) is 17.5 Å². The molecule has 0 spiro atoms. The van der Waals surface area contributed by atoms with Crippen LogP contribution in [0.25, 0.3) is 0 Å². The van der Waals surface area contributed by atoms with Crippen LogP contribution >= 0.6 is 0 Å². The smallest absolute Gasteiger partial charge is 0.297 e. The molecular formula is C16H23NO6S. The van der Waals surface area contributed by atoms with Crippen molar-refractivity contribution >= 4 is 10.1 Å². The molecule has 0 radical (unpaired) electrons. The summed E-state index contributed by atoms with van der Waals surface area (Å²) in [7, 11) is -4.03. The molecule has 0 saturated carbocycles. The van der Waals surface area contributed by atoms with E-state index >= 15 is 0 Å². The van der Waals surface area contributed by atoms with Crippen LogP contribution in [0.1, 0.15) is 19.4 Å². The molecule has 7 nitrogen and oxygen atoms in total. The second kappa shape index (κ2) is 6.70. The number of nitrogens with one attached hydrogen (secondary N) is 1. The summed E-state index contributed by atoms with van der Waals surface area (Å²) >= 11 is 0. The molecule has 8 heteroatoms. The fraction of sp³-hybridized carbons (Fsp3) is 0.625. The van der Waals surface area contributed by atoms with E-state index in [-0.39, 0.29) is 23.6 Å². The second-order valence-electron chi connectivity index (χ2n) is 6.54. The van der Waals surface area contributed by atoms with E-state index in [0.29, 0.717) is 0 Å². The Morgan fingerprint density at radius 2 is 1.96 bits per heavy atom. The highest BCUT2D eigenvalue weighted by Crippen LogP contribution is 2.32. The molecule has 0 amide bonds. The second-order valence-corrected chi connectivity index (χ2v) is 8.11. The number of hydrogen-bond acceptors (Lipinski definition) is 7. The van der Waals surface area contributed by atoms with Crippen LogP contribution in [0.15, 0.2) is 29.2 Å². The van der Waals surface area contributed by atoms with Gasteiger partial charge in [0.25, 0.3) is 10.1 Å². The lowest BCUT2D eigenvalue weighted by Gasteiger charge is -2.38. The molecule has 2 N–H and O–H groups in total. The van der Waals surface area contributed by atoms with Crippen LogP contribution in [0, 0.1) is 6.92 Å². The third-order valence-electron chi connectivity index (χ3n) is 4.18. The van der Waals surface area contributed by atoms with E-state index in [1.54, 1.807) is 12.1 Å². The van der Waals surface area contributed by atoms with Gasteiger partial charge in [0.2, 0.25) is 0 Å². The molecule has 2 saturated heterocycles. The average molecular weight is 357 g/mol. The van der Waals surface area contributed by atoms with Crippen molar-refractivity contribution in [1.29, 1.82) is 0 Å². The van der Waals surface area contributed by atoms with Crippen molar-refractivity contribution in [2.75, 3.05) is 6.61 Å². The van der Waals surface area contributed by atoms with Gasteiger partial charge in [-0.3, -0.25) is 4.18 Å². The molecule has 2 aliphatic heterocycles. The van der Waals surface area contributed by atoms with Crippen LogP contribution in [0.3, 0.4) is 0 Å². The Kier molecular flexibility index (Phi) is 4.96. The van der Waals surface area contributed by atoms with Gasteiger partial charge in [-0.1, -0.05) is 31.5 Å². The first kappa shape index (κ1) is 17.8. The van der Waals surface area contributed by atoms with Gasteiger partial charge in [-0.25, -0.2) is 0 Å². The number of aliphatic hydroxyl groups is 1. The number of aryl methyl sites for hydroxylation is 1. The van der Waals surface area contributed by atoms with Gasteiger partial charge in [-0.2, -0.15) is 8.42 Å². The van der Waals surface area contributed by atoms with Gasteiger partial charge < -0.3 is 19.9 Å². The Balaban J connectivity index is 1.81. The summed E-state index contributed by atoms with van der Waals surface area (Å²) in [5, 5.41) is 13.8. The molecular weight excluding hydrogens is 334 g/mol. The Morgan fingerprint density at radius 3 is 2.58 bits per heavy atom. The summed E-state index contributed by atoms with van der Waals surface area (Å²) < 4.78 is 41.4. The molecule has 2 fully saturated rings. The maximum Gasteiger partial charge on any atom is 0.297 e. The van der Waals surface area contributed by atoms with Crippen LogP contribution in [-0.4, -0.2) is 56.8 Å². The minimum absolute atomic E-state index is 0.0359. The molecule has 134 valence electrons. The Hall–Kier alpha value is -1.03. The molecule has 5 atom stereocenters. The highest BCUT2D eigenvalue weighted by molar-refractivity contribution is 7.86. The Morgan fingerprint density at radius 1 is 1.29 bits per heavy atom. The van der Waals surface area contributed by atoms with E-state index in [2.05, 4.69) is 5.32 Å². The number of aliphatic hydroxyl groups excluding tert-OH is 1. The van der Waals surface area contributed by atoms with Crippen molar-refractivity contribution in [2.45, 2.75) is 62.4 Å². The van der Waals surface area contributed by atoms with Gasteiger partial charge in [0.1, 0.15) is 12.2 Å². The number of benzene rings is 1. The van der Waals surface area contributed by atoms with E-state index in [4.69, 9.17) is 13.7 Å². The van der Waals surface area contributed by atoms with Crippen molar-refractivity contribution in [3.63, 3.8) is 0 Å². The molecule has 2 aliphatic rings. The molecule has 3 rings (SSSR count). The van der Waals surface area contributed by atoms with E-state index < -0.39 is 34.7 Å². The number of ether oxygens (including phenoxy) is 2. The van der Waals surface area contributed by atoms with Crippen LogP contribution in [0.5, 0.6) is 0 Å². The molecule has 2 bridgehead atoms. The van der Waals surface area contributed by atoms with E-state index in [1.165, 1.54) is 12.1 Å². The van der Waals surface area contributed by atoms with E-state index in [1.807, 2.05) is 20.8 Å². The molecule has 24 heavy (non-hydrogen) atoms. The van der Waals surface area contributed by atoms with E-state index in [9.17, 15) is 13.5 Å². The lowest BCUT2D eigenvalue weighted by Crippen LogP contribution is -2.61. The van der Waals surface area contributed by atoms with E-state index in [0.717, 1.165) is 5.56 Å². The van der Waals surface area contributed by atoms with Crippen LogP contribution in [0.2, 0.25) is 0 Å². The number of fused-ring (bicyclic) bond motifs is 2. The van der Waals surface area contributed by atoms with Crippen molar-refractivity contribution in [2.24, 2.45) is 0 Å². The van der Waals surface area contributed by atoms with Crippen LogP contribution in [-0.2, 0) is 23.8 Å². The number of rotatable bonds is 5. The maximum atomic E-state index is 12.5. The largest absolute Gasteiger partial charge is 0.388 e. The molecule has 0 aromatic heterocycles. The zero-order valence-electron chi connectivity index (χ0n) is 13.9. The fourth-order valence-corrected chi connectivity index (χ4v) is 4.06. The fourth-order valence-electron chi connectivity index (χ4n) is 2.99. The summed E-state index contributed by atoms with van der Waals surface area (Å²) in [6.07, 6.45) is -3.39. The topological polar surface area (TPSA) is 94.1 Å².